The fraction of sp³-hybridized carbons (Fsp3) is 0.400. The van der Waals surface area contributed by atoms with Gasteiger partial charge in [0.05, 0.1) is 0 Å². The largest absolute Gasteiger partial charge is 0.369 e. The van der Waals surface area contributed by atoms with Gasteiger partial charge in [-0.05, 0) is 22.6 Å². The predicted octanol–water partition coefficient (Wildman–Crippen LogP) is 3.80. The molecule has 0 aromatic heterocycles. The van der Waals surface area contributed by atoms with Crippen LogP contribution in [0.5, 0.6) is 0 Å². The van der Waals surface area contributed by atoms with Gasteiger partial charge in [0.25, 0.3) is 0 Å². The van der Waals surface area contributed by atoms with Crippen molar-refractivity contribution >= 4 is 46.8 Å². The standard InChI is InChI=1S/C15H18Cl3NO2/c1-14(2,3)11-7-4-10(5-8-11)6-9-12(20)19-13(21)15(16,17)18/h4-9,13,21H,1-3H3,(H,19,20)/b9-6+/t13-/m0/s1. The van der Waals surface area contributed by atoms with Gasteiger partial charge in [-0.3, -0.25) is 4.79 Å². The van der Waals surface area contributed by atoms with E-state index in [9.17, 15) is 9.90 Å². The van der Waals surface area contributed by atoms with Gasteiger partial charge in [-0.2, -0.15) is 0 Å². The minimum absolute atomic E-state index is 0.0775. The van der Waals surface area contributed by atoms with E-state index in [1.165, 1.54) is 11.6 Å². The summed E-state index contributed by atoms with van der Waals surface area (Å²) in [6, 6.07) is 7.84. The number of hydrogen-bond donors (Lipinski definition) is 2. The maximum Gasteiger partial charge on any atom is 0.246 e. The molecule has 0 aliphatic heterocycles. The van der Waals surface area contributed by atoms with E-state index in [4.69, 9.17) is 34.8 Å². The van der Waals surface area contributed by atoms with Crippen LogP contribution in [0.2, 0.25) is 0 Å². The Kier molecular flexibility index (Phi) is 6.11. The van der Waals surface area contributed by atoms with Gasteiger partial charge in [0.2, 0.25) is 9.70 Å². The molecule has 0 bridgehead atoms. The molecule has 21 heavy (non-hydrogen) atoms. The minimum atomic E-state index is -1.96. The minimum Gasteiger partial charge on any atom is -0.369 e. The first-order valence-electron chi connectivity index (χ1n) is 6.34. The monoisotopic (exact) mass is 349 g/mol. The second-order valence-electron chi connectivity index (χ2n) is 5.66. The van der Waals surface area contributed by atoms with Gasteiger partial charge in [-0.1, -0.05) is 79.8 Å². The smallest absolute Gasteiger partial charge is 0.246 e. The molecule has 0 aliphatic carbocycles. The molecule has 1 atom stereocenters. The number of aliphatic hydroxyl groups is 1. The second kappa shape index (κ2) is 7.01. The van der Waals surface area contributed by atoms with Crippen LogP contribution in [0.4, 0.5) is 0 Å². The van der Waals surface area contributed by atoms with E-state index in [2.05, 4.69) is 26.1 Å². The molecule has 0 saturated carbocycles. The number of carbonyl (C=O) groups excluding carboxylic acids is 1. The molecular weight excluding hydrogens is 333 g/mol. The average Bonchev–Trinajstić information content (AvgIpc) is 2.34. The zero-order valence-corrected chi connectivity index (χ0v) is 14.3. The second-order valence-corrected chi connectivity index (χ2v) is 8.03. The number of carbonyl (C=O) groups is 1. The van der Waals surface area contributed by atoms with Crippen molar-refractivity contribution in [1.82, 2.24) is 5.32 Å². The van der Waals surface area contributed by atoms with Gasteiger partial charge in [0, 0.05) is 6.08 Å². The molecular formula is C15H18Cl3NO2. The topological polar surface area (TPSA) is 49.3 Å². The summed E-state index contributed by atoms with van der Waals surface area (Å²) in [5.41, 5.74) is 2.14. The van der Waals surface area contributed by atoms with Crippen molar-refractivity contribution in [3.05, 3.63) is 41.5 Å². The summed E-state index contributed by atoms with van der Waals surface area (Å²) in [5, 5.41) is 11.6. The van der Waals surface area contributed by atoms with E-state index in [1.54, 1.807) is 6.08 Å². The van der Waals surface area contributed by atoms with E-state index in [1.807, 2.05) is 24.3 Å². The third kappa shape index (κ3) is 6.27. The van der Waals surface area contributed by atoms with Crippen LogP contribution in [0.3, 0.4) is 0 Å². The zero-order valence-electron chi connectivity index (χ0n) is 12.0. The Morgan fingerprint density at radius 1 is 1.19 bits per heavy atom. The maximum atomic E-state index is 11.6. The fourth-order valence-corrected chi connectivity index (χ4v) is 1.69. The maximum absolute atomic E-state index is 11.6. The number of rotatable bonds is 3. The Morgan fingerprint density at radius 3 is 2.14 bits per heavy atom. The number of halogens is 3. The molecule has 1 rings (SSSR count). The number of amides is 1. The lowest BCUT2D eigenvalue weighted by Gasteiger charge is -2.19. The molecule has 3 nitrogen and oxygen atoms in total. The van der Waals surface area contributed by atoms with Gasteiger partial charge >= 0.3 is 0 Å². The lowest BCUT2D eigenvalue weighted by Crippen LogP contribution is -2.42. The normalized spacial score (nSPS) is 14.2. The number of nitrogens with one attached hydrogen (secondary N) is 1. The van der Waals surface area contributed by atoms with Crippen LogP contribution in [-0.4, -0.2) is 21.0 Å². The molecule has 0 unspecified atom stereocenters. The van der Waals surface area contributed by atoms with Crippen molar-refractivity contribution in [2.75, 3.05) is 0 Å². The number of benzene rings is 1. The van der Waals surface area contributed by atoms with Crippen LogP contribution < -0.4 is 5.32 Å². The summed E-state index contributed by atoms with van der Waals surface area (Å²) in [6.07, 6.45) is 1.32. The highest BCUT2D eigenvalue weighted by molar-refractivity contribution is 6.68. The van der Waals surface area contributed by atoms with Crippen molar-refractivity contribution in [2.24, 2.45) is 0 Å². The first kappa shape index (κ1) is 18.3. The van der Waals surface area contributed by atoms with Gasteiger partial charge in [0.1, 0.15) is 0 Å². The average molecular weight is 351 g/mol. The molecule has 0 heterocycles. The highest BCUT2D eigenvalue weighted by Gasteiger charge is 2.31. The molecule has 116 valence electrons. The zero-order chi connectivity index (χ0) is 16.3. The Morgan fingerprint density at radius 2 is 1.71 bits per heavy atom. The molecule has 0 fully saturated rings. The summed E-state index contributed by atoms with van der Waals surface area (Å²) in [5.74, 6) is -0.547. The lowest BCUT2D eigenvalue weighted by atomic mass is 9.87. The molecule has 0 spiro atoms. The Labute approximate surface area is 139 Å². The molecule has 6 heteroatoms. The van der Waals surface area contributed by atoms with Crippen molar-refractivity contribution in [2.45, 2.75) is 36.2 Å². The van der Waals surface area contributed by atoms with E-state index in [0.717, 1.165) is 5.56 Å². The molecule has 1 aromatic rings. The SMILES string of the molecule is CC(C)(C)c1ccc(/C=C/C(=O)N[C@@H](O)C(Cl)(Cl)Cl)cc1. The molecule has 0 radical (unpaired) electrons. The van der Waals surface area contributed by atoms with Crippen LogP contribution >= 0.6 is 34.8 Å². The van der Waals surface area contributed by atoms with Crippen LogP contribution in [0, 0.1) is 0 Å². The van der Waals surface area contributed by atoms with E-state index < -0.39 is 15.9 Å². The lowest BCUT2D eigenvalue weighted by molar-refractivity contribution is -0.119. The summed E-state index contributed by atoms with van der Waals surface area (Å²) < 4.78 is -1.96. The third-order valence-electron chi connectivity index (χ3n) is 2.79. The first-order chi connectivity index (χ1) is 9.50. The van der Waals surface area contributed by atoms with Crippen LogP contribution in [0.15, 0.2) is 30.3 Å². The summed E-state index contributed by atoms with van der Waals surface area (Å²) in [4.78, 5) is 11.6. The Bertz CT molecular complexity index is 513. The molecule has 0 aliphatic rings. The van der Waals surface area contributed by atoms with Crippen molar-refractivity contribution in [3.63, 3.8) is 0 Å². The highest BCUT2D eigenvalue weighted by Crippen LogP contribution is 2.28. The predicted molar refractivity (Wildman–Crippen MR) is 88.6 cm³/mol. The summed E-state index contributed by atoms with van der Waals surface area (Å²) >= 11 is 16.3. The third-order valence-corrected chi connectivity index (χ3v) is 3.41. The number of hydrogen-bond acceptors (Lipinski definition) is 2. The van der Waals surface area contributed by atoms with Crippen molar-refractivity contribution in [3.8, 4) is 0 Å². The highest BCUT2D eigenvalue weighted by atomic mass is 35.6. The number of alkyl halides is 3. The van der Waals surface area contributed by atoms with Crippen molar-refractivity contribution in [1.29, 1.82) is 0 Å². The molecule has 0 saturated heterocycles. The quantitative estimate of drug-likeness (QED) is 0.495. The van der Waals surface area contributed by atoms with Crippen LogP contribution in [0.1, 0.15) is 31.9 Å². The fourth-order valence-electron chi connectivity index (χ4n) is 1.53. The van der Waals surface area contributed by atoms with E-state index >= 15 is 0 Å². The molecule has 1 aromatic carbocycles. The van der Waals surface area contributed by atoms with E-state index in [-0.39, 0.29) is 5.41 Å². The van der Waals surface area contributed by atoms with Crippen LogP contribution in [-0.2, 0) is 10.2 Å². The summed E-state index contributed by atoms with van der Waals surface area (Å²) in [6.45, 7) is 6.39. The Hall–Kier alpha value is -0.740. The summed E-state index contributed by atoms with van der Waals surface area (Å²) in [7, 11) is 0. The first-order valence-corrected chi connectivity index (χ1v) is 7.47. The molecule has 2 N–H and O–H groups in total. The van der Waals surface area contributed by atoms with E-state index in [0.29, 0.717) is 0 Å². The van der Waals surface area contributed by atoms with Gasteiger partial charge < -0.3 is 10.4 Å². The van der Waals surface area contributed by atoms with Gasteiger partial charge in [-0.15, -0.1) is 0 Å². The van der Waals surface area contributed by atoms with Gasteiger partial charge in [-0.25, -0.2) is 0 Å². The van der Waals surface area contributed by atoms with Crippen molar-refractivity contribution < 1.29 is 9.90 Å². The Balaban J connectivity index is 2.67. The molecule has 1 amide bonds. The van der Waals surface area contributed by atoms with Gasteiger partial charge in [0.15, 0.2) is 6.23 Å². The van der Waals surface area contributed by atoms with Crippen LogP contribution in [0.25, 0.3) is 6.08 Å². The number of aliphatic hydroxyl groups excluding tert-OH is 1.